The van der Waals surface area contributed by atoms with Gasteiger partial charge in [0.15, 0.2) is 16.4 Å². The van der Waals surface area contributed by atoms with Gasteiger partial charge >= 0.3 is 0 Å². The number of sulfone groups is 1. The first-order valence-electron chi connectivity index (χ1n) is 7.71. The van der Waals surface area contributed by atoms with Gasteiger partial charge in [0.2, 0.25) is 0 Å². The molecule has 2 aromatic rings. The Morgan fingerprint density at radius 2 is 1.88 bits per heavy atom. The van der Waals surface area contributed by atoms with Crippen LogP contribution in [-0.4, -0.2) is 38.6 Å². The number of benzene rings is 2. The SMILES string of the molecule is CS(=O)(=O)c1cccc(OCC(=O)N2CCc3ccccc3C2)c1. The maximum atomic E-state index is 12.3. The maximum absolute atomic E-state index is 12.3. The van der Waals surface area contributed by atoms with E-state index in [0.29, 0.717) is 18.8 Å². The number of hydrogen-bond acceptors (Lipinski definition) is 4. The van der Waals surface area contributed by atoms with Crippen molar-refractivity contribution in [3.63, 3.8) is 0 Å². The predicted octanol–water partition coefficient (Wildman–Crippen LogP) is 2.05. The Labute approximate surface area is 141 Å². The Morgan fingerprint density at radius 3 is 2.62 bits per heavy atom. The van der Waals surface area contributed by atoms with Crippen LogP contribution >= 0.6 is 0 Å². The van der Waals surface area contributed by atoms with Gasteiger partial charge in [-0.15, -0.1) is 0 Å². The Morgan fingerprint density at radius 1 is 1.12 bits per heavy atom. The molecule has 2 aromatic carbocycles. The second kappa shape index (κ2) is 6.65. The zero-order valence-electron chi connectivity index (χ0n) is 13.4. The summed E-state index contributed by atoms with van der Waals surface area (Å²) in [5.74, 6) is 0.276. The molecule has 0 N–H and O–H groups in total. The number of carbonyl (C=O) groups is 1. The highest BCUT2D eigenvalue weighted by atomic mass is 32.2. The number of amides is 1. The predicted molar refractivity (Wildman–Crippen MR) is 90.6 cm³/mol. The molecule has 0 fully saturated rings. The Kier molecular flexibility index (Phi) is 4.57. The van der Waals surface area contributed by atoms with Crippen LogP contribution in [0.4, 0.5) is 0 Å². The van der Waals surface area contributed by atoms with Crippen LogP contribution in [0, 0.1) is 0 Å². The fourth-order valence-electron chi connectivity index (χ4n) is 2.74. The molecule has 0 aliphatic carbocycles. The molecule has 24 heavy (non-hydrogen) atoms. The van der Waals surface area contributed by atoms with Crippen molar-refractivity contribution in [1.82, 2.24) is 4.90 Å². The number of ether oxygens (including phenoxy) is 1. The van der Waals surface area contributed by atoms with Gasteiger partial charge in [-0.3, -0.25) is 4.79 Å². The molecule has 0 bridgehead atoms. The second-order valence-corrected chi connectivity index (χ2v) is 7.89. The fourth-order valence-corrected chi connectivity index (χ4v) is 3.40. The van der Waals surface area contributed by atoms with E-state index in [0.717, 1.165) is 18.2 Å². The molecule has 126 valence electrons. The van der Waals surface area contributed by atoms with Crippen LogP contribution in [0.1, 0.15) is 11.1 Å². The van der Waals surface area contributed by atoms with Gasteiger partial charge < -0.3 is 9.64 Å². The number of fused-ring (bicyclic) bond motifs is 1. The van der Waals surface area contributed by atoms with Gasteiger partial charge in [0.25, 0.3) is 5.91 Å². The van der Waals surface area contributed by atoms with Gasteiger partial charge in [-0.25, -0.2) is 8.42 Å². The highest BCUT2D eigenvalue weighted by Crippen LogP contribution is 2.20. The van der Waals surface area contributed by atoms with Crippen molar-refractivity contribution in [2.24, 2.45) is 0 Å². The van der Waals surface area contributed by atoms with Crippen LogP contribution in [-0.2, 0) is 27.6 Å². The van der Waals surface area contributed by atoms with E-state index in [4.69, 9.17) is 4.74 Å². The Hall–Kier alpha value is -2.34. The van der Waals surface area contributed by atoms with Crippen molar-refractivity contribution in [2.45, 2.75) is 17.9 Å². The molecule has 5 nitrogen and oxygen atoms in total. The molecule has 6 heteroatoms. The topological polar surface area (TPSA) is 63.7 Å². The summed E-state index contributed by atoms with van der Waals surface area (Å²) < 4.78 is 28.6. The normalized spacial score (nSPS) is 14.1. The van der Waals surface area contributed by atoms with Crippen LogP contribution in [0.2, 0.25) is 0 Å². The van der Waals surface area contributed by atoms with Gasteiger partial charge in [0.05, 0.1) is 4.90 Å². The monoisotopic (exact) mass is 345 g/mol. The summed E-state index contributed by atoms with van der Waals surface area (Å²) in [7, 11) is -3.29. The Balaban J connectivity index is 1.63. The minimum atomic E-state index is -3.29. The molecule has 0 saturated carbocycles. The quantitative estimate of drug-likeness (QED) is 0.851. The van der Waals surface area contributed by atoms with Crippen molar-refractivity contribution in [1.29, 1.82) is 0 Å². The number of rotatable bonds is 4. The molecule has 1 aliphatic heterocycles. The smallest absolute Gasteiger partial charge is 0.260 e. The van der Waals surface area contributed by atoms with E-state index in [2.05, 4.69) is 6.07 Å². The van der Waals surface area contributed by atoms with Gasteiger partial charge in [-0.1, -0.05) is 30.3 Å². The zero-order valence-corrected chi connectivity index (χ0v) is 14.3. The van der Waals surface area contributed by atoms with Crippen molar-refractivity contribution in [3.8, 4) is 5.75 Å². The molecule has 1 heterocycles. The van der Waals surface area contributed by atoms with Gasteiger partial charge in [0.1, 0.15) is 5.75 Å². The van der Waals surface area contributed by atoms with E-state index in [1.54, 1.807) is 17.0 Å². The lowest BCUT2D eigenvalue weighted by molar-refractivity contribution is -0.134. The van der Waals surface area contributed by atoms with E-state index >= 15 is 0 Å². The third-order valence-electron chi connectivity index (χ3n) is 4.08. The summed E-state index contributed by atoms with van der Waals surface area (Å²) >= 11 is 0. The lowest BCUT2D eigenvalue weighted by Gasteiger charge is -2.28. The van der Waals surface area contributed by atoms with Crippen LogP contribution in [0.3, 0.4) is 0 Å². The molecule has 0 atom stereocenters. The van der Waals surface area contributed by atoms with E-state index < -0.39 is 9.84 Å². The first-order valence-corrected chi connectivity index (χ1v) is 9.60. The van der Waals surface area contributed by atoms with Crippen LogP contribution in [0.15, 0.2) is 53.4 Å². The van der Waals surface area contributed by atoms with Crippen molar-refractivity contribution >= 4 is 15.7 Å². The summed E-state index contributed by atoms with van der Waals surface area (Å²) in [6, 6.07) is 14.3. The van der Waals surface area contributed by atoms with Gasteiger partial charge in [-0.2, -0.15) is 0 Å². The zero-order chi connectivity index (χ0) is 17.2. The molecule has 0 saturated heterocycles. The van der Waals surface area contributed by atoms with Crippen molar-refractivity contribution in [2.75, 3.05) is 19.4 Å². The first-order chi connectivity index (χ1) is 11.4. The van der Waals surface area contributed by atoms with Crippen molar-refractivity contribution in [3.05, 3.63) is 59.7 Å². The second-order valence-electron chi connectivity index (χ2n) is 5.87. The van der Waals surface area contributed by atoms with Gasteiger partial charge in [-0.05, 0) is 35.7 Å². The van der Waals surface area contributed by atoms with E-state index in [-0.39, 0.29) is 17.4 Å². The highest BCUT2D eigenvalue weighted by molar-refractivity contribution is 7.90. The summed E-state index contributed by atoms with van der Waals surface area (Å²) in [4.78, 5) is 14.3. The Bertz CT molecular complexity index is 861. The number of nitrogens with zero attached hydrogens (tertiary/aromatic N) is 1. The molecule has 1 amide bonds. The minimum Gasteiger partial charge on any atom is -0.484 e. The number of hydrogen-bond donors (Lipinski definition) is 0. The molecule has 0 radical (unpaired) electrons. The molecule has 0 unspecified atom stereocenters. The molecule has 0 aromatic heterocycles. The first kappa shape index (κ1) is 16.5. The molecular formula is C18H19NO4S. The molecule has 3 rings (SSSR count). The van der Waals surface area contributed by atoms with Crippen LogP contribution in [0.5, 0.6) is 5.75 Å². The van der Waals surface area contributed by atoms with Crippen molar-refractivity contribution < 1.29 is 17.9 Å². The molecule has 0 spiro atoms. The molecular weight excluding hydrogens is 326 g/mol. The van der Waals surface area contributed by atoms with Crippen LogP contribution in [0.25, 0.3) is 0 Å². The maximum Gasteiger partial charge on any atom is 0.260 e. The van der Waals surface area contributed by atoms with E-state index in [9.17, 15) is 13.2 Å². The number of carbonyl (C=O) groups excluding carboxylic acids is 1. The average molecular weight is 345 g/mol. The average Bonchev–Trinajstić information content (AvgIpc) is 2.59. The third kappa shape index (κ3) is 3.76. The standard InChI is InChI=1S/C18H19NO4S/c1-24(21,22)17-8-4-7-16(11-17)23-13-18(20)19-10-9-14-5-2-3-6-15(14)12-19/h2-8,11H,9-10,12-13H2,1H3. The highest BCUT2D eigenvalue weighted by Gasteiger charge is 2.20. The summed E-state index contributed by atoms with van der Waals surface area (Å²) in [6.45, 7) is 1.15. The third-order valence-corrected chi connectivity index (χ3v) is 5.19. The van der Waals surface area contributed by atoms with E-state index in [1.807, 2.05) is 18.2 Å². The lowest BCUT2D eigenvalue weighted by atomic mass is 10.00. The molecule has 1 aliphatic rings. The fraction of sp³-hybridized carbons (Fsp3) is 0.278. The largest absolute Gasteiger partial charge is 0.484 e. The van der Waals surface area contributed by atoms with Gasteiger partial charge in [0, 0.05) is 19.3 Å². The van der Waals surface area contributed by atoms with Crippen LogP contribution < -0.4 is 4.74 Å². The van der Waals surface area contributed by atoms with E-state index in [1.165, 1.54) is 17.7 Å². The summed E-state index contributed by atoms with van der Waals surface area (Å²) in [5.41, 5.74) is 2.44. The minimum absolute atomic E-state index is 0.102. The summed E-state index contributed by atoms with van der Waals surface area (Å²) in [6.07, 6.45) is 1.98. The summed E-state index contributed by atoms with van der Waals surface area (Å²) in [5, 5.41) is 0. The lowest BCUT2D eigenvalue weighted by Crippen LogP contribution is -2.38.